The lowest BCUT2D eigenvalue weighted by Crippen LogP contribution is -2.44. The molecule has 134 valence electrons. The molecule has 1 heterocycles. The van der Waals surface area contributed by atoms with E-state index < -0.39 is 16.4 Å². The summed E-state index contributed by atoms with van der Waals surface area (Å²) in [6.07, 6.45) is 3.77. The molecule has 0 saturated heterocycles. The van der Waals surface area contributed by atoms with Crippen LogP contribution in [0.15, 0.2) is 18.2 Å². The van der Waals surface area contributed by atoms with Crippen molar-refractivity contribution in [1.29, 1.82) is 0 Å². The fourth-order valence-electron chi connectivity index (χ4n) is 4.72. The molecule has 0 unspecified atom stereocenters. The van der Waals surface area contributed by atoms with Crippen molar-refractivity contribution in [1.82, 2.24) is 5.32 Å². The van der Waals surface area contributed by atoms with Gasteiger partial charge in [-0.25, -0.2) is 0 Å². The lowest BCUT2D eigenvalue weighted by molar-refractivity contribution is -0.124. The fraction of sp³-hybridized carbons (Fsp3) is 0.579. The summed E-state index contributed by atoms with van der Waals surface area (Å²) in [6, 6.07) is 5.73. The molecule has 2 saturated carbocycles. The number of ether oxygens (including phenoxy) is 1. The van der Waals surface area contributed by atoms with E-state index in [1.807, 2.05) is 25.1 Å². The van der Waals surface area contributed by atoms with Crippen molar-refractivity contribution in [3.63, 3.8) is 0 Å². The third kappa shape index (κ3) is 2.80. The van der Waals surface area contributed by atoms with E-state index in [1.165, 1.54) is 0 Å². The number of aryl methyl sites for hydroxylation is 1. The Morgan fingerprint density at radius 3 is 3.00 bits per heavy atom. The van der Waals surface area contributed by atoms with Gasteiger partial charge in [0.25, 0.3) is 0 Å². The molecule has 1 amide bonds. The number of rotatable bonds is 4. The molecule has 6 heteroatoms. The zero-order valence-corrected chi connectivity index (χ0v) is 15.4. The summed E-state index contributed by atoms with van der Waals surface area (Å²) in [4.78, 5) is 25.1. The van der Waals surface area contributed by atoms with Crippen LogP contribution < -0.4 is 10.1 Å². The Morgan fingerprint density at radius 2 is 2.24 bits per heavy atom. The third-order valence-electron chi connectivity index (χ3n) is 5.88. The van der Waals surface area contributed by atoms with E-state index >= 15 is 0 Å². The number of hydrogen-bond donors (Lipinski definition) is 1. The van der Waals surface area contributed by atoms with Gasteiger partial charge in [-0.05, 0) is 37.8 Å². The maximum absolute atomic E-state index is 12.7. The standard InChI is InChI=1S/C19H23NO4S/c1-11-3-4-15-13(9-11)14(21)10-19(24-15)6-5-12-16(17(12)19)18(22)20-7-8-25(2)23/h3-4,9,12,16-17H,5-8,10H2,1-2H3,(H,20,22)/t12-,16-,17-,19-,25+/m1/s1. The van der Waals surface area contributed by atoms with Crippen molar-refractivity contribution in [2.24, 2.45) is 17.8 Å². The van der Waals surface area contributed by atoms with Crippen molar-refractivity contribution in [2.45, 2.75) is 31.8 Å². The van der Waals surface area contributed by atoms with Gasteiger partial charge in [0.2, 0.25) is 5.91 Å². The van der Waals surface area contributed by atoms with Crippen molar-refractivity contribution in [3.05, 3.63) is 29.3 Å². The summed E-state index contributed by atoms with van der Waals surface area (Å²) >= 11 is 0. The summed E-state index contributed by atoms with van der Waals surface area (Å²) in [5.74, 6) is 1.64. The fourth-order valence-corrected chi connectivity index (χ4v) is 5.11. The average molecular weight is 361 g/mol. The number of fused-ring (bicyclic) bond motifs is 3. The first-order chi connectivity index (χ1) is 11.9. The molecule has 2 aliphatic carbocycles. The summed E-state index contributed by atoms with van der Waals surface area (Å²) in [5, 5.41) is 2.89. The minimum atomic E-state index is -0.907. The zero-order valence-electron chi connectivity index (χ0n) is 14.5. The van der Waals surface area contributed by atoms with Crippen LogP contribution in [0.5, 0.6) is 5.75 Å². The summed E-state index contributed by atoms with van der Waals surface area (Å²) in [7, 11) is -0.907. The van der Waals surface area contributed by atoms with Crippen LogP contribution in [-0.2, 0) is 15.6 Å². The Labute approximate surface area is 150 Å². The number of ketones is 1. The van der Waals surface area contributed by atoms with Crippen LogP contribution in [0.4, 0.5) is 0 Å². The molecule has 4 rings (SSSR count). The Morgan fingerprint density at radius 1 is 1.44 bits per heavy atom. The summed E-state index contributed by atoms with van der Waals surface area (Å²) < 4.78 is 17.5. The number of hydrogen-bond acceptors (Lipinski definition) is 4. The number of amides is 1. The summed E-state index contributed by atoms with van der Waals surface area (Å²) in [6.45, 7) is 2.40. The van der Waals surface area contributed by atoms with Gasteiger partial charge in [-0.2, -0.15) is 0 Å². The zero-order chi connectivity index (χ0) is 17.8. The Balaban J connectivity index is 1.49. The van der Waals surface area contributed by atoms with E-state index in [9.17, 15) is 13.8 Å². The molecule has 2 fully saturated rings. The van der Waals surface area contributed by atoms with Gasteiger partial charge in [0, 0.05) is 41.2 Å². The number of carbonyl (C=O) groups is 2. The van der Waals surface area contributed by atoms with Gasteiger partial charge in [-0.15, -0.1) is 0 Å². The molecule has 3 aliphatic rings. The highest BCUT2D eigenvalue weighted by atomic mass is 32.2. The maximum Gasteiger partial charge on any atom is 0.223 e. The van der Waals surface area contributed by atoms with E-state index in [2.05, 4.69) is 5.32 Å². The van der Waals surface area contributed by atoms with Gasteiger partial charge >= 0.3 is 0 Å². The lowest BCUT2D eigenvalue weighted by Gasteiger charge is -2.37. The lowest BCUT2D eigenvalue weighted by atomic mass is 9.84. The van der Waals surface area contributed by atoms with E-state index in [-0.39, 0.29) is 23.5 Å². The first-order valence-corrected chi connectivity index (χ1v) is 10.5. The highest BCUT2D eigenvalue weighted by Gasteiger charge is 2.70. The molecular formula is C19H23NO4S. The molecule has 5 nitrogen and oxygen atoms in total. The number of Topliss-reactive ketones (excluding diaryl/α,β-unsaturated/α-hetero) is 1. The molecule has 0 bridgehead atoms. The Hall–Kier alpha value is -1.69. The first kappa shape index (κ1) is 16.8. The predicted molar refractivity (Wildman–Crippen MR) is 95.1 cm³/mol. The Bertz CT molecular complexity index is 777. The predicted octanol–water partition coefficient (Wildman–Crippen LogP) is 1.85. The van der Waals surface area contributed by atoms with Crippen LogP contribution >= 0.6 is 0 Å². The second-order valence-corrected chi connectivity index (χ2v) is 9.14. The molecule has 1 spiro atoms. The monoisotopic (exact) mass is 361 g/mol. The smallest absolute Gasteiger partial charge is 0.223 e. The largest absolute Gasteiger partial charge is 0.486 e. The van der Waals surface area contributed by atoms with Gasteiger partial charge in [0.15, 0.2) is 5.78 Å². The van der Waals surface area contributed by atoms with E-state index in [4.69, 9.17) is 4.74 Å². The number of carbonyl (C=O) groups excluding carboxylic acids is 2. The van der Waals surface area contributed by atoms with E-state index in [1.54, 1.807) is 6.26 Å². The SMILES string of the molecule is Cc1ccc2c(c1)C(=O)C[C@@]1(CC[C@@H]3[C@@H](C(=O)NCC[S@](C)=O)[C@@H]31)O2. The highest BCUT2D eigenvalue weighted by molar-refractivity contribution is 7.84. The van der Waals surface area contributed by atoms with Crippen LogP contribution in [0, 0.1) is 24.7 Å². The molecule has 0 aromatic heterocycles. The third-order valence-corrected chi connectivity index (χ3v) is 6.66. The van der Waals surface area contributed by atoms with Crippen molar-refractivity contribution in [2.75, 3.05) is 18.6 Å². The van der Waals surface area contributed by atoms with Crippen molar-refractivity contribution >= 4 is 22.5 Å². The molecule has 0 radical (unpaired) electrons. The van der Waals surface area contributed by atoms with Crippen LogP contribution in [-0.4, -0.2) is 40.1 Å². The Kier molecular flexibility index (Phi) is 3.98. The van der Waals surface area contributed by atoms with Gasteiger partial charge in [0.05, 0.1) is 12.0 Å². The molecule has 1 aromatic rings. The topological polar surface area (TPSA) is 72.5 Å². The number of benzene rings is 1. The minimum Gasteiger partial charge on any atom is -0.486 e. The van der Waals surface area contributed by atoms with Gasteiger partial charge in [0.1, 0.15) is 11.4 Å². The number of nitrogens with one attached hydrogen (secondary N) is 1. The molecule has 1 aromatic carbocycles. The average Bonchev–Trinajstić information content (AvgIpc) is 3.20. The second-order valence-electron chi connectivity index (χ2n) is 7.59. The molecule has 1 N–H and O–H groups in total. The van der Waals surface area contributed by atoms with Gasteiger partial charge in [-0.3, -0.25) is 13.8 Å². The first-order valence-electron chi connectivity index (χ1n) is 8.82. The maximum atomic E-state index is 12.7. The quantitative estimate of drug-likeness (QED) is 0.888. The van der Waals surface area contributed by atoms with E-state index in [0.717, 1.165) is 18.4 Å². The molecule has 1 aliphatic heterocycles. The van der Waals surface area contributed by atoms with Crippen LogP contribution in [0.3, 0.4) is 0 Å². The van der Waals surface area contributed by atoms with Crippen LogP contribution in [0.25, 0.3) is 0 Å². The minimum absolute atomic E-state index is 0.0188. The normalized spacial score (nSPS) is 33.4. The van der Waals surface area contributed by atoms with Crippen molar-refractivity contribution in [3.8, 4) is 5.75 Å². The van der Waals surface area contributed by atoms with Crippen LogP contribution in [0.1, 0.15) is 35.2 Å². The highest BCUT2D eigenvalue weighted by Crippen LogP contribution is 2.65. The molecule has 25 heavy (non-hydrogen) atoms. The summed E-state index contributed by atoms with van der Waals surface area (Å²) in [5.41, 5.74) is 1.20. The second kappa shape index (κ2) is 5.94. The molecular weight excluding hydrogens is 338 g/mol. The van der Waals surface area contributed by atoms with E-state index in [0.29, 0.717) is 35.9 Å². The van der Waals surface area contributed by atoms with Crippen molar-refractivity contribution < 1.29 is 18.5 Å². The van der Waals surface area contributed by atoms with Gasteiger partial charge < -0.3 is 10.1 Å². The van der Waals surface area contributed by atoms with Gasteiger partial charge in [-0.1, -0.05) is 11.6 Å². The molecule has 5 atom stereocenters. The van der Waals surface area contributed by atoms with Crippen LogP contribution in [0.2, 0.25) is 0 Å².